The van der Waals surface area contributed by atoms with Gasteiger partial charge in [-0.25, -0.2) is 0 Å². The van der Waals surface area contributed by atoms with Gasteiger partial charge in [0.1, 0.15) is 5.75 Å². The molecule has 0 amide bonds. The quantitative estimate of drug-likeness (QED) is 0.453. The number of hydrogen-bond donors (Lipinski definition) is 0. The molecule has 1 rings (SSSR count). The lowest BCUT2D eigenvalue weighted by molar-refractivity contribution is -0.385. The maximum Gasteiger partial charge on any atom is 0.273 e. The number of nitrogens with zero attached hydrogens (tertiary/aromatic N) is 1. The fraction of sp³-hybridized carbons (Fsp3) is 0.455. The fourth-order valence-electron chi connectivity index (χ4n) is 1.38. The number of nitro benzene ring substituents is 1. The van der Waals surface area contributed by atoms with Crippen molar-refractivity contribution in [1.82, 2.24) is 0 Å². The van der Waals surface area contributed by atoms with Crippen molar-refractivity contribution in [2.45, 2.75) is 25.1 Å². The second-order valence-corrected chi connectivity index (χ2v) is 4.36. The van der Waals surface area contributed by atoms with E-state index >= 15 is 0 Å². The van der Waals surface area contributed by atoms with E-state index < -0.39 is 4.92 Å². The van der Waals surface area contributed by atoms with Crippen molar-refractivity contribution < 1.29 is 9.66 Å². The first-order valence-electron chi connectivity index (χ1n) is 4.99. The van der Waals surface area contributed by atoms with Gasteiger partial charge in [0, 0.05) is 11.4 Å². The normalized spacial score (nSPS) is 12.2. The number of alkyl halides is 1. The molecule has 0 saturated heterocycles. The number of benzene rings is 1. The van der Waals surface area contributed by atoms with Crippen LogP contribution in [0.3, 0.4) is 0 Å². The Balaban J connectivity index is 2.90. The van der Waals surface area contributed by atoms with E-state index in [9.17, 15) is 10.1 Å². The van der Waals surface area contributed by atoms with E-state index in [0.29, 0.717) is 12.2 Å². The Morgan fingerprint density at radius 2 is 2.19 bits per heavy atom. The Morgan fingerprint density at radius 1 is 1.50 bits per heavy atom. The summed E-state index contributed by atoms with van der Waals surface area (Å²) in [6.45, 7) is 1.90. The molecular weight excluding hydrogens is 230 g/mol. The van der Waals surface area contributed by atoms with Gasteiger partial charge < -0.3 is 4.74 Å². The van der Waals surface area contributed by atoms with Crippen LogP contribution >= 0.6 is 11.6 Å². The minimum atomic E-state index is -0.420. The molecule has 0 aromatic heterocycles. The Morgan fingerprint density at radius 3 is 2.69 bits per heavy atom. The number of rotatable bonds is 5. The molecule has 0 bridgehead atoms. The van der Waals surface area contributed by atoms with E-state index in [1.54, 1.807) is 12.1 Å². The summed E-state index contributed by atoms with van der Waals surface area (Å²) in [7, 11) is 1.49. The van der Waals surface area contributed by atoms with E-state index in [1.165, 1.54) is 13.2 Å². The lowest BCUT2D eigenvalue weighted by atomic mass is 10.1. The minimum Gasteiger partial charge on any atom is -0.496 e. The van der Waals surface area contributed by atoms with Gasteiger partial charge in [0.2, 0.25) is 0 Å². The molecule has 0 radical (unpaired) electrons. The highest BCUT2D eigenvalue weighted by molar-refractivity contribution is 6.20. The molecule has 0 aliphatic heterocycles. The third-order valence-electron chi connectivity index (χ3n) is 2.23. The van der Waals surface area contributed by atoms with Crippen molar-refractivity contribution in [3.63, 3.8) is 0 Å². The first-order valence-corrected chi connectivity index (χ1v) is 5.43. The number of nitro groups is 1. The molecule has 1 aromatic rings. The van der Waals surface area contributed by atoms with Crippen molar-refractivity contribution in [1.29, 1.82) is 0 Å². The van der Waals surface area contributed by atoms with E-state index in [0.717, 1.165) is 12.0 Å². The molecule has 0 saturated carbocycles. The van der Waals surface area contributed by atoms with Crippen LogP contribution in [-0.4, -0.2) is 17.4 Å². The summed E-state index contributed by atoms with van der Waals surface area (Å²) in [5.41, 5.74) is 0.926. The van der Waals surface area contributed by atoms with Gasteiger partial charge >= 0.3 is 0 Å². The van der Waals surface area contributed by atoms with Crippen LogP contribution in [0.4, 0.5) is 5.69 Å². The monoisotopic (exact) mass is 243 g/mol. The number of non-ortho nitro benzene ring substituents is 1. The van der Waals surface area contributed by atoms with Crippen LogP contribution in [0.5, 0.6) is 5.75 Å². The topological polar surface area (TPSA) is 52.4 Å². The van der Waals surface area contributed by atoms with Gasteiger partial charge in [-0.05, 0) is 31.4 Å². The molecule has 0 N–H and O–H groups in total. The number of methoxy groups -OCH3 is 1. The van der Waals surface area contributed by atoms with Crippen LogP contribution in [0.15, 0.2) is 18.2 Å². The average Bonchev–Trinajstić information content (AvgIpc) is 2.25. The molecule has 1 aromatic carbocycles. The maximum absolute atomic E-state index is 10.7. The van der Waals surface area contributed by atoms with Crippen LogP contribution in [0, 0.1) is 10.1 Å². The predicted molar refractivity (Wildman–Crippen MR) is 63.3 cm³/mol. The van der Waals surface area contributed by atoms with Crippen LogP contribution in [0.25, 0.3) is 0 Å². The molecule has 0 aliphatic rings. The molecule has 0 spiro atoms. The van der Waals surface area contributed by atoms with Gasteiger partial charge in [-0.1, -0.05) is 0 Å². The molecule has 88 valence electrons. The summed E-state index contributed by atoms with van der Waals surface area (Å²) in [4.78, 5) is 10.3. The Labute approximate surface area is 99.3 Å². The van der Waals surface area contributed by atoms with Crippen LogP contribution in [-0.2, 0) is 6.42 Å². The average molecular weight is 244 g/mol. The van der Waals surface area contributed by atoms with Gasteiger partial charge in [-0.15, -0.1) is 11.6 Å². The molecule has 4 nitrogen and oxygen atoms in total. The van der Waals surface area contributed by atoms with Crippen LogP contribution in [0.1, 0.15) is 18.9 Å². The minimum absolute atomic E-state index is 0.0524. The number of ether oxygens (including phenoxy) is 1. The molecule has 0 aliphatic carbocycles. The Kier molecular flexibility index (Phi) is 4.55. The third kappa shape index (κ3) is 3.70. The standard InChI is InChI=1S/C11H14ClNO3/c1-8(12)3-4-9-5-10(13(14)15)7-11(6-9)16-2/h5-8H,3-4H2,1-2H3. The van der Waals surface area contributed by atoms with Crippen LogP contribution < -0.4 is 4.74 Å². The lowest BCUT2D eigenvalue weighted by Gasteiger charge is -2.06. The maximum atomic E-state index is 10.7. The highest BCUT2D eigenvalue weighted by Gasteiger charge is 2.10. The van der Waals surface area contributed by atoms with E-state index in [1.807, 2.05) is 6.92 Å². The van der Waals surface area contributed by atoms with Crippen molar-refractivity contribution in [3.8, 4) is 5.75 Å². The number of halogens is 1. The molecule has 16 heavy (non-hydrogen) atoms. The Hall–Kier alpha value is -1.29. The highest BCUT2D eigenvalue weighted by atomic mass is 35.5. The van der Waals surface area contributed by atoms with Crippen molar-refractivity contribution in [2.24, 2.45) is 0 Å². The third-order valence-corrected chi connectivity index (χ3v) is 2.45. The predicted octanol–water partition coefficient (Wildman–Crippen LogP) is 3.16. The summed E-state index contributed by atoms with van der Waals surface area (Å²) >= 11 is 5.84. The molecule has 1 atom stereocenters. The number of aryl methyl sites for hydroxylation is 1. The Bertz CT molecular complexity index is 379. The summed E-state index contributed by atoms with van der Waals surface area (Å²) in [6, 6.07) is 4.77. The zero-order valence-corrected chi connectivity index (χ0v) is 10.0. The van der Waals surface area contributed by atoms with Crippen LogP contribution in [0.2, 0.25) is 0 Å². The van der Waals surface area contributed by atoms with Gasteiger partial charge in [0.05, 0.1) is 18.1 Å². The zero-order valence-electron chi connectivity index (χ0n) is 9.27. The van der Waals surface area contributed by atoms with E-state index in [-0.39, 0.29) is 11.1 Å². The zero-order chi connectivity index (χ0) is 12.1. The molecular formula is C11H14ClNO3. The van der Waals surface area contributed by atoms with Crippen molar-refractivity contribution >= 4 is 17.3 Å². The first kappa shape index (κ1) is 12.8. The van der Waals surface area contributed by atoms with Gasteiger partial charge in [-0.3, -0.25) is 10.1 Å². The second-order valence-electron chi connectivity index (χ2n) is 3.62. The summed E-state index contributed by atoms with van der Waals surface area (Å²) in [6.07, 6.45) is 1.49. The molecule has 5 heteroatoms. The smallest absolute Gasteiger partial charge is 0.273 e. The SMILES string of the molecule is COc1cc(CCC(C)Cl)cc([N+](=O)[O-])c1. The van der Waals surface area contributed by atoms with Crippen molar-refractivity contribution in [3.05, 3.63) is 33.9 Å². The lowest BCUT2D eigenvalue weighted by Crippen LogP contribution is -1.97. The number of hydrogen-bond acceptors (Lipinski definition) is 3. The van der Waals surface area contributed by atoms with Crippen molar-refractivity contribution in [2.75, 3.05) is 7.11 Å². The second kappa shape index (κ2) is 5.70. The highest BCUT2D eigenvalue weighted by Crippen LogP contribution is 2.23. The largest absolute Gasteiger partial charge is 0.496 e. The summed E-state index contributed by atoms with van der Waals surface area (Å²) in [5.74, 6) is 0.506. The molecule has 1 unspecified atom stereocenters. The van der Waals surface area contributed by atoms with Gasteiger partial charge in [0.25, 0.3) is 5.69 Å². The first-order chi connectivity index (χ1) is 7.52. The summed E-state index contributed by atoms with van der Waals surface area (Å²) in [5, 5.41) is 10.7. The molecule has 0 fully saturated rings. The fourth-order valence-corrected chi connectivity index (χ4v) is 1.49. The van der Waals surface area contributed by atoms with E-state index in [4.69, 9.17) is 16.3 Å². The van der Waals surface area contributed by atoms with Gasteiger partial charge in [0.15, 0.2) is 0 Å². The summed E-state index contributed by atoms with van der Waals surface area (Å²) < 4.78 is 5.02. The van der Waals surface area contributed by atoms with Gasteiger partial charge in [-0.2, -0.15) is 0 Å². The van der Waals surface area contributed by atoms with E-state index in [2.05, 4.69) is 0 Å². The molecule has 0 heterocycles.